The van der Waals surface area contributed by atoms with E-state index in [4.69, 9.17) is 27.9 Å². The molecule has 186 valence electrons. The van der Waals surface area contributed by atoms with Crippen molar-refractivity contribution in [3.63, 3.8) is 0 Å². The van der Waals surface area contributed by atoms with Crippen LogP contribution in [0, 0.1) is 5.82 Å². The second kappa shape index (κ2) is 11.2. The van der Waals surface area contributed by atoms with Gasteiger partial charge in [-0.1, -0.05) is 29.3 Å². The van der Waals surface area contributed by atoms with Crippen molar-refractivity contribution >= 4 is 33.2 Å². The van der Waals surface area contributed by atoms with Gasteiger partial charge in [-0.15, -0.1) is 0 Å². The molecule has 10 heteroatoms. The van der Waals surface area contributed by atoms with Crippen LogP contribution >= 0.6 is 23.2 Å². The smallest absolute Gasteiger partial charge is 0.241 e. The van der Waals surface area contributed by atoms with Crippen LogP contribution in [0.15, 0.2) is 71.6 Å². The molecule has 35 heavy (non-hydrogen) atoms. The normalized spacial score (nSPS) is 16.2. The number of hydrogen-bond acceptors (Lipinski definition) is 5. The lowest BCUT2D eigenvalue weighted by Crippen LogP contribution is -2.47. The number of piperazine rings is 1. The quantitative estimate of drug-likeness (QED) is 0.428. The maximum atomic E-state index is 13.3. The van der Waals surface area contributed by atoms with Gasteiger partial charge in [-0.2, -0.15) is 0 Å². The summed E-state index contributed by atoms with van der Waals surface area (Å²) in [5.41, 5.74) is 0.734. The van der Waals surface area contributed by atoms with Gasteiger partial charge in [0.2, 0.25) is 10.0 Å². The highest BCUT2D eigenvalue weighted by molar-refractivity contribution is 7.89. The maximum Gasteiger partial charge on any atom is 0.241 e. The zero-order valence-corrected chi connectivity index (χ0v) is 21.5. The van der Waals surface area contributed by atoms with E-state index in [1.165, 1.54) is 36.4 Å². The molecule has 0 unspecified atom stereocenters. The van der Waals surface area contributed by atoms with Gasteiger partial charge >= 0.3 is 0 Å². The summed E-state index contributed by atoms with van der Waals surface area (Å²) >= 11 is 12.3. The molecular weight excluding hydrogens is 512 g/mol. The summed E-state index contributed by atoms with van der Waals surface area (Å²) < 4.78 is 48.2. The fourth-order valence-electron chi connectivity index (χ4n) is 3.81. The van der Waals surface area contributed by atoms with Crippen LogP contribution in [0.4, 0.5) is 4.39 Å². The summed E-state index contributed by atoms with van der Waals surface area (Å²) in [6, 6.07) is 16.3. The van der Waals surface area contributed by atoms with E-state index >= 15 is 0 Å². The van der Waals surface area contributed by atoms with Crippen molar-refractivity contribution in [1.82, 2.24) is 14.5 Å². The number of benzene rings is 3. The third-order valence-corrected chi connectivity index (χ3v) is 8.09. The molecule has 1 atom stereocenters. The van der Waals surface area contributed by atoms with Gasteiger partial charge in [0.15, 0.2) is 0 Å². The number of sulfonamides is 1. The SMILES string of the molecule is CN1CCN(C[C@H](NS(=O)(=O)c2ccc(Oc3ccc(F)cc3)cc2)c2ccc(Cl)c(Cl)c2)CC1. The Morgan fingerprint density at radius 3 is 2.11 bits per heavy atom. The molecule has 0 aliphatic carbocycles. The Labute approximate surface area is 215 Å². The number of hydrogen-bond donors (Lipinski definition) is 1. The number of halogens is 3. The molecule has 6 nitrogen and oxygen atoms in total. The molecule has 1 aliphatic rings. The maximum absolute atomic E-state index is 13.3. The number of ether oxygens (including phenoxy) is 1. The van der Waals surface area contributed by atoms with Gasteiger partial charge in [0, 0.05) is 32.7 Å². The molecule has 0 spiro atoms. The number of nitrogens with zero attached hydrogens (tertiary/aromatic N) is 2. The van der Waals surface area contributed by atoms with Crippen LogP contribution in [-0.4, -0.2) is 58.0 Å². The minimum atomic E-state index is -3.86. The number of nitrogens with one attached hydrogen (secondary N) is 1. The number of likely N-dealkylation sites (N-methyl/N-ethyl adjacent to an activating group) is 1. The third-order valence-electron chi connectivity index (χ3n) is 5.86. The molecule has 4 rings (SSSR count). The first kappa shape index (κ1) is 25.9. The molecule has 1 saturated heterocycles. The van der Waals surface area contributed by atoms with E-state index in [1.807, 2.05) is 0 Å². The first-order valence-corrected chi connectivity index (χ1v) is 13.4. The van der Waals surface area contributed by atoms with Crippen molar-refractivity contribution in [2.75, 3.05) is 39.8 Å². The predicted octanol–water partition coefficient (Wildman–Crippen LogP) is 5.19. The molecule has 0 aromatic heterocycles. The molecule has 0 saturated carbocycles. The van der Waals surface area contributed by atoms with Crippen LogP contribution in [0.2, 0.25) is 10.0 Å². The van der Waals surface area contributed by atoms with Gasteiger partial charge < -0.3 is 9.64 Å². The van der Waals surface area contributed by atoms with Crippen molar-refractivity contribution in [3.05, 3.63) is 88.2 Å². The van der Waals surface area contributed by atoms with Crippen molar-refractivity contribution in [2.24, 2.45) is 0 Å². The lowest BCUT2D eigenvalue weighted by molar-refractivity contribution is 0.145. The Bertz CT molecular complexity index is 1250. The summed E-state index contributed by atoms with van der Waals surface area (Å²) in [5, 5.41) is 0.780. The molecular formula is C25H26Cl2FN3O3S. The largest absolute Gasteiger partial charge is 0.457 e. The lowest BCUT2D eigenvalue weighted by atomic mass is 10.1. The molecule has 1 aliphatic heterocycles. The van der Waals surface area contributed by atoms with E-state index in [0.717, 1.165) is 31.7 Å². The zero-order chi connectivity index (χ0) is 25.0. The monoisotopic (exact) mass is 537 g/mol. The van der Waals surface area contributed by atoms with Gasteiger partial charge in [0.25, 0.3) is 0 Å². The van der Waals surface area contributed by atoms with Crippen LogP contribution in [0.3, 0.4) is 0 Å². The predicted molar refractivity (Wildman–Crippen MR) is 136 cm³/mol. The Morgan fingerprint density at radius 1 is 0.914 bits per heavy atom. The minimum absolute atomic E-state index is 0.104. The second-order valence-corrected chi connectivity index (χ2v) is 11.0. The summed E-state index contributed by atoms with van der Waals surface area (Å²) in [5.74, 6) is 0.527. The first-order chi connectivity index (χ1) is 16.7. The Kier molecular flexibility index (Phi) is 8.31. The van der Waals surface area contributed by atoms with Crippen molar-refractivity contribution in [3.8, 4) is 11.5 Å². The van der Waals surface area contributed by atoms with E-state index in [0.29, 0.717) is 28.1 Å². The summed E-state index contributed by atoms with van der Waals surface area (Å²) in [7, 11) is -1.79. The van der Waals surface area contributed by atoms with Gasteiger partial charge in [0.1, 0.15) is 17.3 Å². The zero-order valence-electron chi connectivity index (χ0n) is 19.1. The van der Waals surface area contributed by atoms with Gasteiger partial charge in [0.05, 0.1) is 21.0 Å². The molecule has 0 amide bonds. The van der Waals surface area contributed by atoms with E-state index in [9.17, 15) is 12.8 Å². The van der Waals surface area contributed by atoms with Gasteiger partial charge in [-0.25, -0.2) is 17.5 Å². The van der Waals surface area contributed by atoms with Crippen molar-refractivity contribution in [1.29, 1.82) is 0 Å². The van der Waals surface area contributed by atoms with Gasteiger partial charge in [-0.3, -0.25) is 4.90 Å². The van der Waals surface area contributed by atoms with Crippen molar-refractivity contribution in [2.45, 2.75) is 10.9 Å². The Hall–Kier alpha value is -2.20. The van der Waals surface area contributed by atoms with Crippen LogP contribution < -0.4 is 9.46 Å². The van der Waals surface area contributed by atoms with Crippen LogP contribution in [-0.2, 0) is 10.0 Å². The Morgan fingerprint density at radius 2 is 1.51 bits per heavy atom. The van der Waals surface area contributed by atoms with Crippen molar-refractivity contribution < 1.29 is 17.5 Å². The second-order valence-electron chi connectivity index (χ2n) is 8.48. The standard InChI is InChI=1S/C25H26Cl2FN3O3S/c1-30-12-14-31(15-13-30)17-25(18-2-11-23(26)24(27)16-18)29-35(32,33)22-9-7-21(8-10-22)34-20-5-3-19(28)4-6-20/h2-11,16,25,29H,12-15,17H2,1H3/t25-/m0/s1. The van der Waals surface area contributed by atoms with E-state index in [-0.39, 0.29) is 10.7 Å². The minimum Gasteiger partial charge on any atom is -0.457 e. The van der Waals surface area contributed by atoms with E-state index < -0.39 is 16.1 Å². The van der Waals surface area contributed by atoms with E-state index in [2.05, 4.69) is 21.6 Å². The fraction of sp³-hybridized carbons (Fsp3) is 0.280. The molecule has 0 radical (unpaired) electrons. The Balaban J connectivity index is 1.52. The molecule has 3 aromatic carbocycles. The van der Waals surface area contributed by atoms with Crippen LogP contribution in [0.5, 0.6) is 11.5 Å². The van der Waals surface area contributed by atoms with Crippen LogP contribution in [0.25, 0.3) is 0 Å². The average Bonchev–Trinajstić information content (AvgIpc) is 2.83. The molecule has 1 heterocycles. The average molecular weight is 538 g/mol. The van der Waals surface area contributed by atoms with Gasteiger partial charge in [-0.05, 0) is 73.3 Å². The summed E-state index contributed by atoms with van der Waals surface area (Å²) in [6.07, 6.45) is 0. The first-order valence-electron chi connectivity index (χ1n) is 11.1. The third kappa shape index (κ3) is 6.94. The molecule has 0 bridgehead atoms. The topological polar surface area (TPSA) is 61.9 Å². The van der Waals surface area contributed by atoms with E-state index in [1.54, 1.807) is 30.3 Å². The highest BCUT2D eigenvalue weighted by Crippen LogP contribution is 2.28. The van der Waals surface area contributed by atoms with Crippen LogP contribution in [0.1, 0.15) is 11.6 Å². The molecule has 3 aromatic rings. The molecule has 1 fully saturated rings. The summed E-state index contributed by atoms with van der Waals surface area (Å²) in [6.45, 7) is 4.00. The summed E-state index contributed by atoms with van der Waals surface area (Å²) in [4.78, 5) is 4.58. The highest BCUT2D eigenvalue weighted by atomic mass is 35.5. The molecule has 1 N–H and O–H groups in total. The lowest BCUT2D eigenvalue weighted by Gasteiger charge is -2.35. The highest BCUT2D eigenvalue weighted by Gasteiger charge is 2.25. The fourth-order valence-corrected chi connectivity index (χ4v) is 5.33. The number of rotatable bonds is 8.